The fourth-order valence-electron chi connectivity index (χ4n) is 2.01. The second-order valence-corrected chi connectivity index (χ2v) is 7.05. The number of rotatable bonds is 7. The number of hydrogen-bond donors (Lipinski definition) is 3. The molecule has 2 aromatic rings. The molecule has 1 heterocycles. The maximum absolute atomic E-state index is 12.1. The normalized spacial score (nSPS) is 11.2. The van der Waals surface area contributed by atoms with Crippen LogP contribution in [0.1, 0.15) is 22.3 Å². The number of carbonyl (C=O) groups is 1. The molecular formula is C16H20N4O3S. The van der Waals surface area contributed by atoms with E-state index in [1.807, 2.05) is 6.92 Å². The van der Waals surface area contributed by atoms with Crippen LogP contribution >= 0.6 is 0 Å². The Bertz CT molecular complexity index is 804. The van der Waals surface area contributed by atoms with Crippen LogP contribution in [0.5, 0.6) is 0 Å². The van der Waals surface area contributed by atoms with Crippen LogP contribution in [-0.4, -0.2) is 32.4 Å². The van der Waals surface area contributed by atoms with Crippen LogP contribution in [-0.2, 0) is 10.0 Å². The van der Waals surface area contributed by atoms with Crippen molar-refractivity contribution in [2.24, 2.45) is 0 Å². The number of aryl methyl sites for hydroxylation is 1. The number of carbonyl (C=O) groups excluding carboxylic acids is 1. The monoisotopic (exact) mass is 348 g/mol. The first-order chi connectivity index (χ1) is 11.4. The fourth-order valence-corrected chi connectivity index (χ4v) is 3.08. The van der Waals surface area contributed by atoms with E-state index in [9.17, 15) is 13.2 Å². The first-order valence-electron chi connectivity index (χ1n) is 7.44. The smallest absolute Gasteiger partial charge is 0.253 e. The highest BCUT2D eigenvalue weighted by atomic mass is 32.2. The molecule has 24 heavy (non-hydrogen) atoms. The van der Waals surface area contributed by atoms with Crippen LogP contribution in [0, 0.1) is 6.92 Å². The van der Waals surface area contributed by atoms with Crippen molar-refractivity contribution in [3.05, 3.63) is 53.9 Å². The Morgan fingerprint density at radius 2 is 1.88 bits per heavy atom. The van der Waals surface area contributed by atoms with Gasteiger partial charge in [-0.05, 0) is 31.5 Å². The van der Waals surface area contributed by atoms with Gasteiger partial charge in [-0.3, -0.25) is 9.78 Å². The van der Waals surface area contributed by atoms with Gasteiger partial charge in [-0.1, -0.05) is 17.7 Å². The van der Waals surface area contributed by atoms with E-state index in [2.05, 4.69) is 15.0 Å². The number of nitrogens with two attached hydrogens (primary N) is 1. The number of pyridine rings is 1. The molecule has 0 spiro atoms. The molecule has 8 heteroatoms. The summed E-state index contributed by atoms with van der Waals surface area (Å²) in [6, 6.07) is 8.14. The van der Waals surface area contributed by atoms with E-state index in [1.165, 1.54) is 18.5 Å². The summed E-state index contributed by atoms with van der Waals surface area (Å²) in [5, 5.41) is 2.69. The second kappa shape index (κ2) is 7.89. The topological polar surface area (TPSA) is 114 Å². The van der Waals surface area contributed by atoms with Crippen molar-refractivity contribution in [2.75, 3.05) is 18.8 Å². The van der Waals surface area contributed by atoms with E-state index in [0.717, 1.165) is 5.56 Å². The summed E-state index contributed by atoms with van der Waals surface area (Å²) in [7, 11) is -3.53. The molecule has 0 aliphatic carbocycles. The van der Waals surface area contributed by atoms with Gasteiger partial charge >= 0.3 is 0 Å². The van der Waals surface area contributed by atoms with Crippen LogP contribution in [0.15, 0.2) is 47.6 Å². The average molecular weight is 348 g/mol. The van der Waals surface area contributed by atoms with Crippen LogP contribution < -0.4 is 15.8 Å². The second-order valence-electron chi connectivity index (χ2n) is 5.28. The highest BCUT2D eigenvalue weighted by molar-refractivity contribution is 7.89. The van der Waals surface area contributed by atoms with Crippen molar-refractivity contribution >= 4 is 21.6 Å². The predicted octanol–water partition coefficient (Wildman–Crippen LogP) is 1.07. The van der Waals surface area contributed by atoms with Crippen LogP contribution in [0.3, 0.4) is 0 Å². The Labute approximate surface area is 141 Å². The molecule has 0 bridgehead atoms. The van der Waals surface area contributed by atoms with E-state index in [-0.39, 0.29) is 17.3 Å². The third kappa shape index (κ3) is 4.77. The van der Waals surface area contributed by atoms with E-state index >= 15 is 0 Å². The average Bonchev–Trinajstić information content (AvgIpc) is 2.55. The molecule has 4 N–H and O–H groups in total. The van der Waals surface area contributed by atoms with E-state index < -0.39 is 10.0 Å². The van der Waals surface area contributed by atoms with Crippen molar-refractivity contribution in [3.8, 4) is 0 Å². The largest absolute Gasteiger partial charge is 0.397 e. The predicted molar refractivity (Wildman–Crippen MR) is 92.0 cm³/mol. The minimum atomic E-state index is -3.53. The first kappa shape index (κ1) is 17.9. The number of nitrogens with one attached hydrogen (secondary N) is 2. The van der Waals surface area contributed by atoms with Gasteiger partial charge < -0.3 is 11.1 Å². The summed E-state index contributed by atoms with van der Waals surface area (Å²) < 4.78 is 26.7. The van der Waals surface area contributed by atoms with Gasteiger partial charge in [0.25, 0.3) is 5.91 Å². The maximum atomic E-state index is 12.1. The van der Waals surface area contributed by atoms with Gasteiger partial charge in [-0.15, -0.1) is 0 Å². The molecule has 1 amide bonds. The highest BCUT2D eigenvalue weighted by Crippen LogP contribution is 2.10. The lowest BCUT2D eigenvalue weighted by Gasteiger charge is -2.09. The Morgan fingerprint density at radius 3 is 2.54 bits per heavy atom. The highest BCUT2D eigenvalue weighted by Gasteiger charge is 2.13. The molecule has 0 aliphatic rings. The van der Waals surface area contributed by atoms with Crippen molar-refractivity contribution < 1.29 is 13.2 Å². The number of hydrogen-bond acceptors (Lipinski definition) is 5. The Kier molecular flexibility index (Phi) is 5.88. The van der Waals surface area contributed by atoms with E-state index in [0.29, 0.717) is 24.2 Å². The summed E-state index contributed by atoms with van der Waals surface area (Å²) >= 11 is 0. The molecule has 0 saturated heterocycles. The van der Waals surface area contributed by atoms with E-state index in [4.69, 9.17) is 5.73 Å². The molecular weight excluding hydrogens is 328 g/mol. The van der Waals surface area contributed by atoms with Crippen LogP contribution in [0.25, 0.3) is 0 Å². The van der Waals surface area contributed by atoms with Gasteiger partial charge in [-0.25, -0.2) is 13.1 Å². The van der Waals surface area contributed by atoms with Crippen LogP contribution in [0.2, 0.25) is 0 Å². The number of amides is 1. The van der Waals surface area contributed by atoms with E-state index in [1.54, 1.807) is 24.3 Å². The van der Waals surface area contributed by atoms with Gasteiger partial charge in [0.2, 0.25) is 10.0 Å². The maximum Gasteiger partial charge on any atom is 0.253 e. The third-order valence-electron chi connectivity index (χ3n) is 3.36. The van der Waals surface area contributed by atoms with Gasteiger partial charge in [-0.2, -0.15) is 0 Å². The number of anilines is 1. The molecule has 7 nitrogen and oxygen atoms in total. The SMILES string of the molecule is Cc1ccc(S(=O)(=O)NCCCNC(=O)c2ccncc2N)cc1. The zero-order chi connectivity index (χ0) is 17.6. The molecule has 0 saturated carbocycles. The molecule has 1 aromatic carbocycles. The lowest BCUT2D eigenvalue weighted by Crippen LogP contribution is -2.30. The molecule has 0 fully saturated rings. The summed E-state index contributed by atoms with van der Waals surface area (Å²) in [5.41, 5.74) is 7.31. The molecule has 0 aliphatic heterocycles. The molecule has 1 aromatic heterocycles. The van der Waals surface area contributed by atoms with Crippen LogP contribution in [0.4, 0.5) is 5.69 Å². The van der Waals surface area contributed by atoms with Crippen molar-refractivity contribution in [2.45, 2.75) is 18.2 Å². The van der Waals surface area contributed by atoms with Gasteiger partial charge in [0, 0.05) is 19.3 Å². The minimum Gasteiger partial charge on any atom is -0.397 e. The lowest BCUT2D eigenvalue weighted by molar-refractivity contribution is 0.0954. The standard InChI is InChI=1S/C16H20N4O3S/c1-12-3-5-13(6-4-12)24(22,23)20-9-2-8-19-16(21)14-7-10-18-11-15(14)17/h3-7,10-11,20H,2,8-9,17H2,1H3,(H,19,21). The van der Waals surface area contributed by atoms with Crippen molar-refractivity contribution in [1.82, 2.24) is 15.0 Å². The number of nitrogen functional groups attached to an aromatic ring is 1. The molecule has 128 valence electrons. The zero-order valence-corrected chi connectivity index (χ0v) is 14.1. The molecule has 0 unspecified atom stereocenters. The zero-order valence-electron chi connectivity index (χ0n) is 13.3. The minimum absolute atomic E-state index is 0.224. The summed E-state index contributed by atoms with van der Waals surface area (Å²) in [6.45, 7) is 2.45. The van der Waals surface area contributed by atoms with Gasteiger partial charge in [0.1, 0.15) is 0 Å². The summed E-state index contributed by atoms with van der Waals surface area (Å²) in [5.74, 6) is -0.309. The quantitative estimate of drug-likeness (QED) is 0.648. The molecule has 0 atom stereocenters. The number of nitrogens with zero attached hydrogens (tertiary/aromatic N) is 1. The molecule has 0 radical (unpaired) electrons. The lowest BCUT2D eigenvalue weighted by atomic mass is 10.2. The number of benzene rings is 1. The number of sulfonamides is 1. The Morgan fingerprint density at radius 1 is 1.17 bits per heavy atom. The van der Waals surface area contributed by atoms with Gasteiger partial charge in [0.15, 0.2) is 0 Å². The fraction of sp³-hybridized carbons (Fsp3) is 0.250. The Hall–Kier alpha value is -2.45. The van der Waals surface area contributed by atoms with Gasteiger partial charge in [0.05, 0.1) is 22.3 Å². The summed E-state index contributed by atoms with van der Waals surface area (Å²) in [6.07, 6.45) is 3.35. The number of aromatic nitrogens is 1. The van der Waals surface area contributed by atoms with Crippen molar-refractivity contribution in [1.29, 1.82) is 0 Å². The van der Waals surface area contributed by atoms with Crippen molar-refractivity contribution in [3.63, 3.8) is 0 Å². The summed E-state index contributed by atoms with van der Waals surface area (Å²) in [4.78, 5) is 16.0. The molecule has 2 rings (SSSR count). The third-order valence-corrected chi connectivity index (χ3v) is 4.84. The first-order valence-corrected chi connectivity index (χ1v) is 8.92. The Balaban J connectivity index is 1.78.